The number of fused-ring (bicyclic) bond motifs is 2. The van der Waals surface area contributed by atoms with Crippen LogP contribution in [0.1, 0.15) is 11.1 Å². The van der Waals surface area contributed by atoms with Gasteiger partial charge in [-0.1, -0.05) is 35.6 Å². The Bertz CT molecular complexity index is 517. The first-order valence-corrected chi connectivity index (χ1v) is 5.33. The fourth-order valence-corrected chi connectivity index (χ4v) is 1.84. The molecule has 0 unspecified atom stereocenters. The molecule has 3 rings (SSSR count). The van der Waals surface area contributed by atoms with E-state index in [2.05, 4.69) is 19.2 Å². The zero-order valence-corrected chi connectivity index (χ0v) is 12.7. The van der Waals surface area contributed by atoms with Crippen LogP contribution in [0.3, 0.4) is 0 Å². The summed E-state index contributed by atoms with van der Waals surface area (Å²) >= 11 is 0. The summed E-state index contributed by atoms with van der Waals surface area (Å²) in [6, 6.07) is 12.1. The van der Waals surface area contributed by atoms with Gasteiger partial charge in [0.25, 0.3) is 0 Å². The zero-order chi connectivity index (χ0) is 11.1. The van der Waals surface area contributed by atoms with Crippen LogP contribution in [-0.4, -0.2) is 0 Å². The van der Waals surface area contributed by atoms with Crippen molar-refractivity contribution in [3.8, 4) is 11.5 Å². The summed E-state index contributed by atoms with van der Waals surface area (Å²) in [6.45, 7) is 4.10. The molecule has 17 heavy (non-hydrogen) atoms. The normalized spacial score (nSPS) is 11.4. The molecule has 0 aliphatic carbocycles. The third kappa shape index (κ3) is 2.38. The molecule has 3 heteroatoms. The Kier molecular flexibility index (Phi) is 3.55. The van der Waals surface area contributed by atoms with Crippen molar-refractivity contribution < 1.29 is 37.4 Å². The molecule has 0 atom stereocenters. The molecule has 0 amide bonds. The molecule has 2 aromatic rings. The Labute approximate surface area is 126 Å². The van der Waals surface area contributed by atoms with Crippen LogP contribution in [0.4, 0.5) is 11.4 Å². The molecule has 0 bridgehead atoms. The SMILES string of the molecule is Cc1ccc2c(c1)Oc1cc(C)ccc1[N-]2.[Y]. The predicted octanol–water partition coefficient (Wildman–Crippen LogP) is 4.74. The summed E-state index contributed by atoms with van der Waals surface area (Å²) in [6.07, 6.45) is 0. The molecule has 0 N–H and O–H groups in total. The molecular formula is C14H12NOY-. The van der Waals surface area contributed by atoms with E-state index >= 15 is 0 Å². The number of hydrogen-bond acceptors (Lipinski definition) is 1. The maximum absolute atomic E-state index is 5.85. The molecule has 83 valence electrons. The molecule has 1 radical (unpaired) electrons. The molecule has 0 saturated carbocycles. The molecule has 1 heterocycles. The van der Waals surface area contributed by atoms with Gasteiger partial charge < -0.3 is 10.1 Å². The van der Waals surface area contributed by atoms with Crippen LogP contribution in [-0.2, 0) is 32.7 Å². The molecule has 0 fully saturated rings. The van der Waals surface area contributed by atoms with Crippen LogP contribution in [0.5, 0.6) is 11.5 Å². The van der Waals surface area contributed by atoms with Gasteiger partial charge in [-0.15, -0.1) is 0 Å². The maximum Gasteiger partial charge on any atom is 0.113 e. The van der Waals surface area contributed by atoms with Crippen molar-refractivity contribution in [2.45, 2.75) is 13.8 Å². The van der Waals surface area contributed by atoms with Gasteiger partial charge in [0.2, 0.25) is 0 Å². The van der Waals surface area contributed by atoms with Crippen LogP contribution in [0.15, 0.2) is 36.4 Å². The van der Waals surface area contributed by atoms with Gasteiger partial charge in [0.15, 0.2) is 0 Å². The summed E-state index contributed by atoms with van der Waals surface area (Å²) in [7, 11) is 0. The Hall–Kier alpha value is -0.856. The van der Waals surface area contributed by atoms with Crippen LogP contribution >= 0.6 is 0 Å². The largest absolute Gasteiger partial charge is 0.652 e. The van der Waals surface area contributed by atoms with Crippen LogP contribution in [0.2, 0.25) is 0 Å². The summed E-state index contributed by atoms with van der Waals surface area (Å²) < 4.78 is 5.85. The second-order valence-electron chi connectivity index (χ2n) is 4.16. The molecule has 1 aliphatic heterocycles. The number of benzene rings is 2. The third-order valence-corrected chi connectivity index (χ3v) is 2.69. The average Bonchev–Trinajstić information content (AvgIpc) is 2.26. The van der Waals surface area contributed by atoms with Gasteiger partial charge in [0.05, 0.1) is 0 Å². The zero-order valence-electron chi connectivity index (χ0n) is 9.90. The second kappa shape index (κ2) is 4.79. The molecule has 0 aromatic heterocycles. The van der Waals surface area contributed by atoms with Gasteiger partial charge in [-0.25, -0.2) is 0 Å². The van der Waals surface area contributed by atoms with Gasteiger partial charge in [0.1, 0.15) is 11.5 Å². The first-order chi connectivity index (χ1) is 7.72. The van der Waals surface area contributed by atoms with E-state index in [1.807, 2.05) is 36.4 Å². The maximum atomic E-state index is 5.85. The van der Waals surface area contributed by atoms with Crippen LogP contribution < -0.4 is 4.74 Å². The number of rotatable bonds is 0. The molecule has 0 spiro atoms. The molecule has 2 nitrogen and oxygen atoms in total. The summed E-state index contributed by atoms with van der Waals surface area (Å²) in [4.78, 5) is 0. The van der Waals surface area contributed by atoms with E-state index in [0.29, 0.717) is 0 Å². The molecule has 0 saturated heterocycles. The van der Waals surface area contributed by atoms with Crippen LogP contribution in [0.25, 0.3) is 5.32 Å². The van der Waals surface area contributed by atoms with E-state index in [1.54, 1.807) is 0 Å². The van der Waals surface area contributed by atoms with E-state index in [9.17, 15) is 0 Å². The van der Waals surface area contributed by atoms with E-state index in [1.165, 1.54) is 11.1 Å². The monoisotopic (exact) mass is 299 g/mol. The van der Waals surface area contributed by atoms with Crippen molar-refractivity contribution in [2.75, 3.05) is 0 Å². The van der Waals surface area contributed by atoms with Gasteiger partial charge >= 0.3 is 0 Å². The van der Waals surface area contributed by atoms with Crippen molar-refractivity contribution in [2.24, 2.45) is 0 Å². The number of ether oxygens (including phenoxy) is 1. The van der Waals surface area contributed by atoms with Crippen molar-refractivity contribution in [1.29, 1.82) is 0 Å². The number of nitrogens with zero attached hydrogens (tertiary/aromatic N) is 1. The quantitative estimate of drug-likeness (QED) is 0.588. The average molecular weight is 299 g/mol. The third-order valence-electron chi connectivity index (χ3n) is 2.69. The Morgan fingerprint density at radius 3 is 1.76 bits per heavy atom. The smallest absolute Gasteiger partial charge is 0.113 e. The minimum atomic E-state index is 0. The standard InChI is InChI=1S/C14H12NO.Y/c1-9-3-5-11-13(7-9)16-14-8-10(2)4-6-12(14)15-11;/h3-8H,1-2H3;/q-1;. The van der Waals surface area contributed by atoms with Gasteiger partial charge in [-0.05, 0) is 37.1 Å². The van der Waals surface area contributed by atoms with Gasteiger partial charge in [0, 0.05) is 32.7 Å². The fraction of sp³-hybridized carbons (Fsp3) is 0.143. The fourth-order valence-electron chi connectivity index (χ4n) is 1.84. The van der Waals surface area contributed by atoms with E-state index in [-0.39, 0.29) is 32.7 Å². The van der Waals surface area contributed by atoms with E-state index < -0.39 is 0 Å². The van der Waals surface area contributed by atoms with Crippen molar-refractivity contribution in [3.05, 3.63) is 52.8 Å². The second-order valence-corrected chi connectivity index (χ2v) is 4.16. The molecule has 1 aliphatic rings. The first-order valence-electron chi connectivity index (χ1n) is 5.33. The Morgan fingerprint density at radius 2 is 1.29 bits per heavy atom. The topological polar surface area (TPSA) is 23.3 Å². The van der Waals surface area contributed by atoms with E-state index in [4.69, 9.17) is 4.74 Å². The van der Waals surface area contributed by atoms with E-state index in [0.717, 1.165) is 22.9 Å². The Morgan fingerprint density at radius 1 is 0.824 bits per heavy atom. The summed E-state index contributed by atoms with van der Waals surface area (Å²) in [5, 5.41) is 4.57. The Balaban J connectivity index is 0.00000108. The van der Waals surface area contributed by atoms with Gasteiger partial charge in [-0.2, -0.15) is 0 Å². The van der Waals surface area contributed by atoms with Crippen molar-refractivity contribution in [1.82, 2.24) is 0 Å². The molecular weight excluding hydrogens is 287 g/mol. The number of hydrogen-bond donors (Lipinski definition) is 0. The predicted molar refractivity (Wildman–Crippen MR) is 65.1 cm³/mol. The molecule has 2 aromatic carbocycles. The first kappa shape index (κ1) is 12.6. The number of aryl methyl sites for hydroxylation is 2. The summed E-state index contributed by atoms with van der Waals surface area (Å²) in [5.74, 6) is 1.69. The minimum Gasteiger partial charge on any atom is -0.652 e. The minimum absolute atomic E-state index is 0. The van der Waals surface area contributed by atoms with Gasteiger partial charge in [-0.3, -0.25) is 0 Å². The van der Waals surface area contributed by atoms with Crippen molar-refractivity contribution >= 4 is 11.4 Å². The van der Waals surface area contributed by atoms with Crippen LogP contribution in [0, 0.1) is 13.8 Å². The summed E-state index contributed by atoms with van der Waals surface area (Å²) in [5.41, 5.74) is 4.18. The van der Waals surface area contributed by atoms with Crippen molar-refractivity contribution in [3.63, 3.8) is 0 Å².